The van der Waals surface area contributed by atoms with Crippen molar-refractivity contribution >= 4 is 11.8 Å². The fraction of sp³-hybridized carbons (Fsp3) is 0.600. The molecule has 0 spiro atoms. The highest BCUT2D eigenvalue weighted by molar-refractivity contribution is 5.94. The fourth-order valence-electron chi connectivity index (χ4n) is 5.28. The van der Waals surface area contributed by atoms with E-state index in [1.165, 1.54) is 19.2 Å². The maximum Gasteiger partial charge on any atom is 0.417 e. The van der Waals surface area contributed by atoms with Crippen molar-refractivity contribution in [1.82, 2.24) is 25.4 Å². The van der Waals surface area contributed by atoms with Gasteiger partial charge in [0, 0.05) is 36.2 Å². The number of rotatable bonds is 5. The highest BCUT2D eigenvalue weighted by Crippen LogP contribution is 2.41. The minimum atomic E-state index is -4.69. The van der Waals surface area contributed by atoms with Crippen LogP contribution in [-0.4, -0.2) is 74.5 Å². The van der Waals surface area contributed by atoms with E-state index in [-0.39, 0.29) is 66.0 Å². The number of hydrogen-bond acceptors (Lipinski definition) is 6. The van der Waals surface area contributed by atoms with Crippen molar-refractivity contribution in [2.75, 3.05) is 13.7 Å². The van der Waals surface area contributed by atoms with Crippen molar-refractivity contribution in [3.05, 3.63) is 29.8 Å². The number of aromatic nitrogens is 3. The van der Waals surface area contributed by atoms with Crippen LogP contribution in [0, 0.1) is 17.7 Å². The zero-order chi connectivity index (χ0) is 27.8. The van der Waals surface area contributed by atoms with Gasteiger partial charge >= 0.3 is 6.18 Å². The number of nitrogens with one attached hydrogen (secondary N) is 2. The lowest BCUT2D eigenvalue weighted by Gasteiger charge is -2.42. The monoisotopic (exact) mass is 541 g/mol. The van der Waals surface area contributed by atoms with Gasteiger partial charge in [0.25, 0.3) is 5.91 Å². The van der Waals surface area contributed by atoms with Crippen molar-refractivity contribution in [1.29, 1.82) is 0 Å². The SMILES string of the molecule is COc1cc(-c2cc(C(=O)N3C[C@@H](C)[C@@H](C(=O)N[C@H]4CC[C@@](O)(C(F)(F)F)CC4)C[C@H]3C)n[nH]2)c(F)cn1. The van der Waals surface area contributed by atoms with Gasteiger partial charge < -0.3 is 20.1 Å². The van der Waals surface area contributed by atoms with Crippen LogP contribution in [0.1, 0.15) is 56.4 Å². The molecule has 1 saturated heterocycles. The number of halogens is 4. The third kappa shape index (κ3) is 5.47. The molecule has 3 heterocycles. The van der Waals surface area contributed by atoms with Crippen molar-refractivity contribution in [3.8, 4) is 17.1 Å². The Hall–Kier alpha value is -3.22. The summed E-state index contributed by atoms with van der Waals surface area (Å²) in [6, 6.07) is 2.08. The topological polar surface area (TPSA) is 120 Å². The molecule has 3 atom stereocenters. The van der Waals surface area contributed by atoms with Gasteiger partial charge in [0.2, 0.25) is 11.8 Å². The number of aromatic amines is 1. The summed E-state index contributed by atoms with van der Waals surface area (Å²) in [4.78, 5) is 31.7. The number of H-pyrrole nitrogens is 1. The highest BCUT2D eigenvalue weighted by Gasteiger charge is 2.54. The second-order valence-electron chi connectivity index (χ2n) is 10.3. The molecule has 0 bridgehead atoms. The average molecular weight is 542 g/mol. The molecule has 9 nitrogen and oxygen atoms in total. The van der Waals surface area contributed by atoms with Crippen LogP contribution in [0.3, 0.4) is 0 Å². The number of likely N-dealkylation sites (tertiary alicyclic amines) is 1. The first kappa shape index (κ1) is 27.8. The van der Waals surface area contributed by atoms with E-state index in [2.05, 4.69) is 20.5 Å². The molecule has 208 valence electrons. The summed E-state index contributed by atoms with van der Waals surface area (Å²) in [6.45, 7) is 3.93. The van der Waals surface area contributed by atoms with Gasteiger partial charge in [-0.2, -0.15) is 18.3 Å². The number of carbonyl (C=O) groups excluding carboxylic acids is 2. The normalized spacial score (nSPS) is 28.2. The van der Waals surface area contributed by atoms with Crippen LogP contribution in [0.25, 0.3) is 11.3 Å². The number of aliphatic hydroxyl groups is 1. The second-order valence-corrected chi connectivity index (χ2v) is 10.3. The van der Waals surface area contributed by atoms with Gasteiger partial charge in [-0.1, -0.05) is 6.92 Å². The number of alkyl halides is 3. The van der Waals surface area contributed by atoms with Gasteiger partial charge in [-0.05, 0) is 51.0 Å². The number of piperidine rings is 1. The van der Waals surface area contributed by atoms with Crippen molar-refractivity contribution < 1.29 is 37.0 Å². The summed E-state index contributed by atoms with van der Waals surface area (Å²) in [5, 5.41) is 19.4. The third-order valence-corrected chi connectivity index (χ3v) is 7.71. The first-order chi connectivity index (χ1) is 17.8. The number of methoxy groups -OCH3 is 1. The molecule has 2 amide bonds. The molecule has 2 aromatic rings. The lowest BCUT2D eigenvalue weighted by molar-refractivity contribution is -0.270. The maximum atomic E-state index is 14.3. The number of hydrogen-bond donors (Lipinski definition) is 3. The van der Waals surface area contributed by atoms with E-state index in [0.717, 1.165) is 6.20 Å². The van der Waals surface area contributed by atoms with Gasteiger partial charge in [0.15, 0.2) is 17.1 Å². The molecule has 3 N–H and O–H groups in total. The van der Waals surface area contributed by atoms with Crippen LogP contribution < -0.4 is 10.1 Å². The number of carbonyl (C=O) groups is 2. The van der Waals surface area contributed by atoms with E-state index in [4.69, 9.17) is 4.74 Å². The molecule has 2 aliphatic rings. The van der Waals surface area contributed by atoms with Crippen molar-refractivity contribution in [3.63, 3.8) is 0 Å². The van der Waals surface area contributed by atoms with Crippen LogP contribution in [0.15, 0.2) is 18.3 Å². The Morgan fingerprint density at radius 1 is 1.24 bits per heavy atom. The number of ether oxygens (including phenoxy) is 1. The van der Waals surface area contributed by atoms with E-state index in [0.29, 0.717) is 6.42 Å². The van der Waals surface area contributed by atoms with E-state index >= 15 is 0 Å². The number of pyridine rings is 1. The summed E-state index contributed by atoms with van der Waals surface area (Å²) in [5.74, 6) is -1.68. The summed E-state index contributed by atoms with van der Waals surface area (Å²) in [7, 11) is 1.40. The van der Waals surface area contributed by atoms with Crippen LogP contribution in [0.4, 0.5) is 17.6 Å². The predicted molar refractivity (Wildman–Crippen MR) is 128 cm³/mol. The molecular formula is C25H31F4N5O4. The molecule has 2 aromatic heterocycles. The Kier molecular flexibility index (Phi) is 7.69. The number of nitrogens with zero attached hydrogens (tertiary/aromatic N) is 3. The van der Waals surface area contributed by atoms with E-state index < -0.39 is 42.4 Å². The molecule has 2 fully saturated rings. The first-order valence-electron chi connectivity index (χ1n) is 12.5. The Bertz CT molecular complexity index is 1180. The summed E-state index contributed by atoms with van der Waals surface area (Å²) in [5.41, 5.74) is -2.18. The number of amides is 2. The molecule has 4 rings (SSSR count). The molecule has 38 heavy (non-hydrogen) atoms. The maximum absolute atomic E-state index is 14.3. The quantitative estimate of drug-likeness (QED) is 0.499. The van der Waals surface area contributed by atoms with E-state index in [1.54, 1.807) is 4.90 Å². The van der Waals surface area contributed by atoms with Crippen molar-refractivity contribution in [2.24, 2.45) is 11.8 Å². The smallest absolute Gasteiger partial charge is 0.417 e. The van der Waals surface area contributed by atoms with Gasteiger partial charge in [-0.15, -0.1) is 0 Å². The van der Waals surface area contributed by atoms with Crippen LogP contribution in [0.2, 0.25) is 0 Å². The van der Waals surface area contributed by atoms with Crippen LogP contribution in [-0.2, 0) is 4.79 Å². The zero-order valence-electron chi connectivity index (χ0n) is 21.3. The molecule has 1 saturated carbocycles. The van der Waals surface area contributed by atoms with E-state index in [1.807, 2.05) is 13.8 Å². The van der Waals surface area contributed by atoms with Crippen LogP contribution in [0.5, 0.6) is 5.88 Å². The molecule has 1 aliphatic heterocycles. The Morgan fingerprint density at radius 2 is 1.92 bits per heavy atom. The molecular weight excluding hydrogens is 510 g/mol. The average Bonchev–Trinajstić information content (AvgIpc) is 3.36. The molecule has 1 aliphatic carbocycles. The van der Waals surface area contributed by atoms with Crippen LogP contribution >= 0.6 is 0 Å². The van der Waals surface area contributed by atoms with Crippen molar-refractivity contribution in [2.45, 2.75) is 69.8 Å². The standard InChI is InChI=1S/C25H31F4N5O4/c1-13-12-34(23(36)20-10-19(32-33-20)17-9-21(38-3)30-11-18(17)26)14(2)8-16(13)22(35)31-15-4-6-24(37,7-5-15)25(27,28)29/h9-11,13-16,37H,4-8,12H2,1-3H3,(H,31,35)(H,32,33)/t13-,14-,15-,16+,24-/m1/s1. The van der Waals surface area contributed by atoms with E-state index in [9.17, 15) is 32.3 Å². The summed E-state index contributed by atoms with van der Waals surface area (Å²) in [6.07, 6.45) is -4.15. The summed E-state index contributed by atoms with van der Waals surface area (Å²) >= 11 is 0. The molecule has 0 unspecified atom stereocenters. The Morgan fingerprint density at radius 3 is 2.55 bits per heavy atom. The fourth-order valence-corrected chi connectivity index (χ4v) is 5.28. The minimum Gasteiger partial charge on any atom is -0.481 e. The Labute approximate surface area is 217 Å². The first-order valence-corrected chi connectivity index (χ1v) is 12.5. The molecule has 0 radical (unpaired) electrons. The van der Waals surface area contributed by atoms with Gasteiger partial charge in [-0.3, -0.25) is 14.7 Å². The highest BCUT2D eigenvalue weighted by atomic mass is 19.4. The van der Waals surface area contributed by atoms with Gasteiger partial charge in [0.1, 0.15) is 0 Å². The molecule has 13 heteroatoms. The predicted octanol–water partition coefficient (Wildman–Crippen LogP) is 3.46. The lowest BCUT2D eigenvalue weighted by atomic mass is 9.80. The lowest BCUT2D eigenvalue weighted by Crippen LogP contribution is -2.54. The minimum absolute atomic E-state index is 0.0362. The third-order valence-electron chi connectivity index (χ3n) is 7.71. The van der Waals surface area contributed by atoms with Gasteiger partial charge in [0.05, 0.1) is 19.0 Å². The Balaban J connectivity index is 1.37. The van der Waals surface area contributed by atoms with Gasteiger partial charge in [-0.25, -0.2) is 9.37 Å². The zero-order valence-corrected chi connectivity index (χ0v) is 21.3. The molecule has 0 aromatic carbocycles. The largest absolute Gasteiger partial charge is 0.481 e. The second kappa shape index (κ2) is 10.5. The summed E-state index contributed by atoms with van der Waals surface area (Å²) < 4.78 is 58.5.